The number of nitrogens with one attached hydrogen (secondary N) is 2. The van der Waals surface area contributed by atoms with Crippen LogP contribution in [0.4, 0.5) is 17.1 Å². The first-order chi connectivity index (χ1) is 14.4. The number of thiocarbonyl (C=S) groups is 1. The monoisotopic (exact) mass is 427 g/mol. The number of nitro groups is 1. The Bertz CT molecular complexity index is 940. The highest BCUT2D eigenvalue weighted by Crippen LogP contribution is 2.20. The Labute approximate surface area is 181 Å². The molecule has 30 heavy (non-hydrogen) atoms. The molecule has 1 aliphatic rings. The lowest BCUT2D eigenvalue weighted by molar-refractivity contribution is -0.385. The molecule has 1 saturated heterocycles. The molecule has 0 unspecified atom stereocenters. The second-order valence-corrected chi connectivity index (χ2v) is 7.54. The van der Waals surface area contributed by atoms with E-state index in [-0.39, 0.29) is 16.4 Å². The van der Waals surface area contributed by atoms with Gasteiger partial charge >= 0.3 is 0 Å². The number of nitrogens with zero attached hydrogens (tertiary/aromatic N) is 3. The second-order valence-electron chi connectivity index (χ2n) is 7.13. The summed E-state index contributed by atoms with van der Waals surface area (Å²) in [7, 11) is 0. The summed E-state index contributed by atoms with van der Waals surface area (Å²) in [4.78, 5) is 27.7. The zero-order valence-electron chi connectivity index (χ0n) is 17.1. The Morgan fingerprint density at radius 3 is 2.40 bits per heavy atom. The number of carbonyl (C=O) groups excluding carboxylic acids is 1. The largest absolute Gasteiger partial charge is 0.369 e. The topological polar surface area (TPSA) is 90.8 Å². The lowest BCUT2D eigenvalue weighted by Gasteiger charge is -2.35. The summed E-state index contributed by atoms with van der Waals surface area (Å²) in [6.07, 6.45) is 0. The third-order valence-corrected chi connectivity index (χ3v) is 5.41. The van der Waals surface area contributed by atoms with Crippen LogP contribution in [-0.2, 0) is 0 Å². The molecule has 0 saturated carbocycles. The fourth-order valence-corrected chi connectivity index (χ4v) is 3.57. The average Bonchev–Trinajstić information content (AvgIpc) is 2.74. The molecule has 1 amide bonds. The third-order valence-electron chi connectivity index (χ3n) is 5.20. The van der Waals surface area contributed by atoms with Gasteiger partial charge in [0.05, 0.1) is 4.92 Å². The Hall–Kier alpha value is -3.04. The van der Waals surface area contributed by atoms with Crippen molar-refractivity contribution in [1.29, 1.82) is 0 Å². The zero-order chi connectivity index (χ0) is 21.7. The standard InChI is InChI=1S/C21H25N5O3S/c1-3-24-10-12-25(13-11-24)18-8-6-17(7-9-18)22-21(30)23-20(27)16-5-4-15(2)19(14-16)26(28)29/h4-9,14H,3,10-13H2,1-2H3,(H2,22,23,27,30). The van der Waals surface area contributed by atoms with Crippen molar-refractivity contribution in [2.24, 2.45) is 0 Å². The molecule has 2 aromatic carbocycles. The predicted molar refractivity (Wildman–Crippen MR) is 122 cm³/mol. The molecule has 9 heteroatoms. The number of hydrogen-bond donors (Lipinski definition) is 2. The van der Waals surface area contributed by atoms with Crippen LogP contribution in [0.1, 0.15) is 22.8 Å². The van der Waals surface area contributed by atoms with Gasteiger partial charge in [0, 0.05) is 54.7 Å². The number of piperazine rings is 1. The van der Waals surface area contributed by atoms with E-state index < -0.39 is 10.8 Å². The molecule has 0 aliphatic carbocycles. The summed E-state index contributed by atoms with van der Waals surface area (Å²) in [5, 5.41) is 16.7. The lowest BCUT2D eigenvalue weighted by Crippen LogP contribution is -2.46. The minimum atomic E-state index is -0.508. The quantitative estimate of drug-likeness (QED) is 0.430. The number of hydrogen-bond acceptors (Lipinski definition) is 6. The van der Waals surface area contributed by atoms with E-state index in [0.29, 0.717) is 5.56 Å². The number of likely N-dealkylation sites (N-methyl/N-ethyl adjacent to an activating group) is 1. The SMILES string of the molecule is CCN1CCN(c2ccc(NC(=S)NC(=O)c3ccc(C)c([N+](=O)[O-])c3)cc2)CC1. The van der Waals surface area contributed by atoms with Crippen LogP contribution in [-0.4, -0.2) is 53.6 Å². The van der Waals surface area contributed by atoms with Crippen molar-refractivity contribution in [3.05, 3.63) is 63.7 Å². The maximum Gasteiger partial charge on any atom is 0.273 e. The summed E-state index contributed by atoms with van der Waals surface area (Å²) in [5.74, 6) is -0.499. The predicted octanol–water partition coefficient (Wildman–Crippen LogP) is 3.17. The van der Waals surface area contributed by atoms with Gasteiger partial charge < -0.3 is 15.1 Å². The van der Waals surface area contributed by atoms with Crippen molar-refractivity contribution in [3.63, 3.8) is 0 Å². The Balaban J connectivity index is 1.57. The maximum atomic E-state index is 12.4. The van der Waals surface area contributed by atoms with E-state index >= 15 is 0 Å². The molecule has 2 N–H and O–H groups in total. The second kappa shape index (κ2) is 9.64. The smallest absolute Gasteiger partial charge is 0.273 e. The number of carbonyl (C=O) groups is 1. The maximum absolute atomic E-state index is 12.4. The van der Waals surface area contributed by atoms with E-state index in [4.69, 9.17) is 12.2 Å². The number of anilines is 2. The summed E-state index contributed by atoms with van der Waals surface area (Å²) < 4.78 is 0. The van der Waals surface area contributed by atoms with Crippen LogP contribution in [0.2, 0.25) is 0 Å². The molecular formula is C21H25N5O3S. The van der Waals surface area contributed by atoms with E-state index in [1.165, 1.54) is 12.1 Å². The summed E-state index contributed by atoms with van der Waals surface area (Å²) in [5.41, 5.74) is 2.48. The van der Waals surface area contributed by atoms with E-state index in [1.54, 1.807) is 13.0 Å². The van der Waals surface area contributed by atoms with Crippen LogP contribution in [0, 0.1) is 17.0 Å². The number of aryl methyl sites for hydroxylation is 1. The number of amides is 1. The number of nitro benzene ring substituents is 1. The van der Waals surface area contributed by atoms with Crippen LogP contribution in [0.15, 0.2) is 42.5 Å². The van der Waals surface area contributed by atoms with Crippen LogP contribution in [0.3, 0.4) is 0 Å². The summed E-state index contributed by atoms with van der Waals surface area (Å²) >= 11 is 5.21. The minimum absolute atomic E-state index is 0.100. The van der Waals surface area contributed by atoms with Gasteiger partial charge in [0.15, 0.2) is 5.11 Å². The molecule has 0 spiro atoms. The van der Waals surface area contributed by atoms with Crippen molar-refractivity contribution in [1.82, 2.24) is 10.2 Å². The van der Waals surface area contributed by atoms with E-state index in [2.05, 4.69) is 27.4 Å². The highest BCUT2D eigenvalue weighted by molar-refractivity contribution is 7.80. The Morgan fingerprint density at radius 2 is 1.80 bits per heavy atom. The average molecular weight is 428 g/mol. The van der Waals surface area contributed by atoms with Gasteiger partial charge in [-0.05, 0) is 56.0 Å². The lowest BCUT2D eigenvalue weighted by atomic mass is 10.1. The van der Waals surface area contributed by atoms with Gasteiger partial charge in [0.1, 0.15) is 0 Å². The van der Waals surface area contributed by atoms with Crippen molar-refractivity contribution in [2.75, 3.05) is 42.9 Å². The highest BCUT2D eigenvalue weighted by atomic mass is 32.1. The van der Waals surface area contributed by atoms with Crippen LogP contribution in [0.25, 0.3) is 0 Å². The molecule has 3 rings (SSSR count). The first kappa shape index (κ1) is 21.7. The molecule has 158 valence electrons. The van der Waals surface area contributed by atoms with Gasteiger partial charge in [-0.15, -0.1) is 0 Å². The minimum Gasteiger partial charge on any atom is -0.369 e. The van der Waals surface area contributed by atoms with E-state index in [0.717, 1.165) is 44.1 Å². The molecule has 0 atom stereocenters. The normalized spacial score (nSPS) is 14.3. The Morgan fingerprint density at radius 1 is 1.13 bits per heavy atom. The van der Waals surface area contributed by atoms with Crippen LogP contribution in [0.5, 0.6) is 0 Å². The molecular weight excluding hydrogens is 402 g/mol. The van der Waals surface area contributed by atoms with E-state index in [9.17, 15) is 14.9 Å². The van der Waals surface area contributed by atoms with Gasteiger partial charge in [-0.2, -0.15) is 0 Å². The molecule has 8 nitrogen and oxygen atoms in total. The first-order valence-electron chi connectivity index (χ1n) is 9.82. The zero-order valence-corrected chi connectivity index (χ0v) is 17.9. The van der Waals surface area contributed by atoms with Gasteiger partial charge in [-0.25, -0.2) is 0 Å². The van der Waals surface area contributed by atoms with Gasteiger partial charge in [-0.1, -0.05) is 13.0 Å². The first-order valence-corrected chi connectivity index (χ1v) is 10.2. The third kappa shape index (κ3) is 5.31. The van der Waals surface area contributed by atoms with Crippen molar-refractivity contribution < 1.29 is 9.72 Å². The van der Waals surface area contributed by atoms with Gasteiger partial charge in [0.25, 0.3) is 11.6 Å². The molecule has 1 heterocycles. The van der Waals surface area contributed by atoms with E-state index in [1.807, 2.05) is 24.3 Å². The fourth-order valence-electron chi connectivity index (χ4n) is 3.36. The van der Waals surface area contributed by atoms with Crippen LogP contribution < -0.4 is 15.5 Å². The molecule has 0 aromatic heterocycles. The van der Waals surface area contributed by atoms with Gasteiger partial charge in [-0.3, -0.25) is 20.2 Å². The molecule has 1 fully saturated rings. The van der Waals surface area contributed by atoms with Crippen molar-refractivity contribution >= 4 is 40.3 Å². The summed E-state index contributed by atoms with van der Waals surface area (Å²) in [6, 6.07) is 12.2. The van der Waals surface area contributed by atoms with Crippen LogP contribution >= 0.6 is 12.2 Å². The molecule has 0 radical (unpaired) electrons. The highest BCUT2D eigenvalue weighted by Gasteiger charge is 2.17. The summed E-state index contributed by atoms with van der Waals surface area (Å²) in [6.45, 7) is 9.00. The van der Waals surface area contributed by atoms with Crippen molar-refractivity contribution in [3.8, 4) is 0 Å². The van der Waals surface area contributed by atoms with Crippen molar-refractivity contribution in [2.45, 2.75) is 13.8 Å². The van der Waals surface area contributed by atoms with Gasteiger partial charge in [0.2, 0.25) is 0 Å². The molecule has 2 aromatic rings. The number of benzene rings is 2. The number of rotatable bonds is 5. The Kier molecular flexibility index (Phi) is 6.96. The fraction of sp³-hybridized carbons (Fsp3) is 0.333. The molecule has 0 bridgehead atoms. The molecule has 1 aliphatic heterocycles.